The summed E-state index contributed by atoms with van der Waals surface area (Å²) in [6.45, 7) is 9.78. The van der Waals surface area contributed by atoms with Gasteiger partial charge in [0.05, 0.1) is 37.2 Å². The Morgan fingerprint density at radius 3 is 2.89 bits per heavy atom. The molecule has 0 saturated carbocycles. The number of morpholine rings is 1. The number of hydrogen-bond acceptors (Lipinski definition) is 9. The van der Waals surface area contributed by atoms with Crippen molar-refractivity contribution in [2.75, 3.05) is 44.8 Å². The number of amidine groups is 1. The zero-order chi connectivity index (χ0) is 24.6. The monoisotopic (exact) mass is 477 g/mol. The number of amides is 1. The van der Waals surface area contributed by atoms with Crippen LogP contribution in [0.25, 0.3) is 0 Å². The highest BCUT2D eigenvalue weighted by atomic mass is 16.5. The van der Waals surface area contributed by atoms with E-state index in [1.54, 1.807) is 6.20 Å². The quantitative estimate of drug-likeness (QED) is 0.605. The minimum absolute atomic E-state index is 0.0100. The normalized spacial score (nSPS) is 24.8. The highest BCUT2D eigenvalue weighted by Gasteiger charge is 2.49. The molecule has 10 heteroatoms. The lowest BCUT2D eigenvalue weighted by molar-refractivity contribution is 0.0302. The SMILES string of the molecule is CC(C)CNC1=NC(Nc2ccc(C(=O)N3CCOCC3)c3c2OCC3)=NC2NC=C(C#N)C12C. The molecule has 184 valence electrons. The molecule has 0 aromatic heterocycles. The number of rotatable bonds is 4. The fourth-order valence-electron chi connectivity index (χ4n) is 4.81. The summed E-state index contributed by atoms with van der Waals surface area (Å²) in [6.07, 6.45) is 2.03. The van der Waals surface area contributed by atoms with Gasteiger partial charge in [-0.1, -0.05) is 13.8 Å². The maximum atomic E-state index is 13.2. The van der Waals surface area contributed by atoms with E-state index < -0.39 is 5.41 Å². The molecule has 2 unspecified atom stereocenters. The summed E-state index contributed by atoms with van der Waals surface area (Å²) >= 11 is 0. The Labute approximate surface area is 205 Å². The Balaban J connectivity index is 1.43. The van der Waals surface area contributed by atoms with Crippen LogP contribution >= 0.6 is 0 Å². The molecular weight excluding hydrogens is 446 g/mol. The van der Waals surface area contributed by atoms with E-state index in [9.17, 15) is 10.1 Å². The summed E-state index contributed by atoms with van der Waals surface area (Å²) in [4.78, 5) is 24.5. The van der Waals surface area contributed by atoms with Crippen LogP contribution in [-0.2, 0) is 11.2 Å². The minimum atomic E-state index is -0.665. The van der Waals surface area contributed by atoms with Crippen molar-refractivity contribution in [3.8, 4) is 11.8 Å². The van der Waals surface area contributed by atoms with Gasteiger partial charge in [0.15, 0.2) is 0 Å². The highest BCUT2D eigenvalue weighted by Crippen LogP contribution is 2.40. The second-order valence-electron chi connectivity index (χ2n) is 9.73. The third-order valence-electron chi connectivity index (χ3n) is 6.89. The van der Waals surface area contributed by atoms with E-state index in [0.717, 1.165) is 17.8 Å². The highest BCUT2D eigenvalue weighted by molar-refractivity contribution is 6.09. The summed E-state index contributed by atoms with van der Waals surface area (Å²) in [5.74, 6) is 2.21. The number of carbonyl (C=O) groups excluding carboxylic acids is 1. The van der Waals surface area contributed by atoms with Crippen molar-refractivity contribution < 1.29 is 14.3 Å². The molecule has 1 fully saturated rings. The van der Waals surface area contributed by atoms with Crippen molar-refractivity contribution in [1.82, 2.24) is 15.5 Å². The van der Waals surface area contributed by atoms with Gasteiger partial charge >= 0.3 is 0 Å². The largest absolute Gasteiger partial charge is 0.491 e. The Kier molecular flexibility index (Phi) is 6.11. The number of nitrogens with zero attached hydrogens (tertiary/aromatic N) is 4. The first-order valence-electron chi connectivity index (χ1n) is 12.1. The van der Waals surface area contributed by atoms with Gasteiger partial charge < -0.3 is 30.3 Å². The molecule has 1 aromatic carbocycles. The lowest BCUT2D eigenvalue weighted by Crippen LogP contribution is -2.52. The Morgan fingerprint density at radius 2 is 2.14 bits per heavy atom. The van der Waals surface area contributed by atoms with Gasteiger partial charge in [-0.25, -0.2) is 4.99 Å². The average Bonchev–Trinajstić information content (AvgIpc) is 3.48. The number of guanidine groups is 1. The molecule has 1 aromatic rings. The van der Waals surface area contributed by atoms with Crippen LogP contribution < -0.4 is 20.7 Å². The van der Waals surface area contributed by atoms with Crippen LogP contribution in [0.5, 0.6) is 5.75 Å². The van der Waals surface area contributed by atoms with Gasteiger partial charge in [0.25, 0.3) is 5.91 Å². The fraction of sp³-hybridized carbons (Fsp3) is 0.520. The van der Waals surface area contributed by atoms with Gasteiger partial charge in [-0.3, -0.25) is 4.79 Å². The molecule has 5 rings (SSSR count). The van der Waals surface area contributed by atoms with Gasteiger partial charge in [0, 0.05) is 43.4 Å². The van der Waals surface area contributed by atoms with Crippen molar-refractivity contribution >= 4 is 23.4 Å². The number of carbonyl (C=O) groups is 1. The molecule has 3 N–H and O–H groups in total. The van der Waals surface area contributed by atoms with E-state index in [-0.39, 0.29) is 12.1 Å². The van der Waals surface area contributed by atoms with E-state index in [2.05, 4.69) is 35.9 Å². The van der Waals surface area contributed by atoms with Gasteiger partial charge in [0.2, 0.25) is 5.96 Å². The molecule has 0 bridgehead atoms. The van der Waals surface area contributed by atoms with Crippen LogP contribution in [0.2, 0.25) is 0 Å². The molecule has 4 aliphatic rings. The zero-order valence-corrected chi connectivity index (χ0v) is 20.4. The maximum absolute atomic E-state index is 13.2. The first kappa shape index (κ1) is 23.2. The molecular formula is C25H31N7O3. The number of nitrogens with one attached hydrogen (secondary N) is 3. The summed E-state index contributed by atoms with van der Waals surface area (Å²) in [5.41, 5.74) is 2.22. The molecule has 1 saturated heterocycles. The predicted octanol–water partition coefficient (Wildman–Crippen LogP) is 1.86. The van der Waals surface area contributed by atoms with Crippen LogP contribution in [-0.4, -0.2) is 68.2 Å². The summed E-state index contributed by atoms with van der Waals surface area (Å²) < 4.78 is 11.3. The van der Waals surface area contributed by atoms with Crippen LogP contribution in [0.1, 0.15) is 36.7 Å². The second-order valence-corrected chi connectivity index (χ2v) is 9.73. The average molecular weight is 478 g/mol. The molecule has 35 heavy (non-hydrogen) atoms. The van der Waals surface area contributed by atoms with Crippen molar-refractivity contribution in [2.45, 2.75) is 33.4 Å². The number of fused-ring (bicyclic) bond motifs is 2. The Hall–Kier alpha value is -3.58. The number of hydrogen-bond donors (Lipinski definition) is 3. The molecule has 0 spiro atoms. The predicted molar refractivity (Wildman–Crippen MR) is 132 cm³/mol. The van der Waals surface area contributed by atoms with E-state index >= 15 is 0 Å². The van der Waals surface area contributed by atoms with Crippen molar-refractivity contribution in [3.63, 3.8) is 0 Å². The lowest BCUT2D eigenvalue weighted by Gasteiger charge is -2.35. The lowest BCUT2D eigenvalue weighted by atomic mass is 9.80. The van der Waals surface area contributed by atoms with E-state index in [0.29, 0.717) is 73.9 Å². The molecule has 1 amide bonds. The van der Waals surface area contributed by atoms with Gasteiger partial charge in [-0.15, -0.1) is 0 Å². The first-order valence-corrected chi connectivity index (χ1v) is 12.1. The standard InChI is InChI=1S/C25H31N7O3/c1-15(2)13-27-22-25(3)16(12-26)14-28-23(25)31-24(30-22)29-19-5-4-18(17-6-9-35-20(17)19)21(33)32-7-10-34-11-8-32/h4-5,14-15,23,28H,6-11,13H2,1-3H3,(H2,27,29,30,31). The molecule has 4 heterocycles. The topological polar surface area (TPSA) is 123 Å². The van der Waals surface area contributed by atoms with E-state index in [1.165, 1.54) is 0 Å². The number of benzene rings is 1. The number of ether oxygens (including phenoxy) is 2. The first-order chi connectivity index (χ1) is 16.9. The Morgan fingerprint density at radius 1 is 1.34 bits per heavy atom. The van der Waals surface area contributed by atoms with Gasteiger partial charge in [-0.2, -0.15) is 10.3 Å². The molecule has 10 nitrogen and oxygen atoms in total. The van der Waals surface area contributed by atoms with Crippen molar-refractivity contribution in [3.05, 3.63) is 35.0 Å². The maximum Gasteiger partial charge on any atom is 0.254 e. The van der Waals surface area contributed by atoms with Crippen molar-refractivity contribution in [2.24, 2.45) is 21.3 Å². The Bertz CT molecular complexity index is 1160. The summed E-state index contributed by atoms with van der Waals surface area (Å²) in [6, 6.07) is 5.99. The summed E-state index contributed by atoms with van der Waals surface area (Å²) in [5, 5.41) is 19.6. The van der Waals surface area contributed by atoms with Crippen LogP contribution in [0.15, 0.2) is 33.9 Å². The molecule has 4 aliphatic heterocycles. The van der Waals surface area contributed by atoms with Gasteiger partial charge in [0.1, 0.15) is 23.2 Å². The number of anilines is 1. The smallest absolute Gasteiger partial charge is 0.254 e. The van der Waals surface area contributed by atoms with Crippen LogP contribution in [0, 0.1) is 22.7 Å². The molecule has 2 atom stereocenters. The second kappa shape index (κ2) is 9.23. The van der Waals surface area contributed by atoms with Gasteiger partial charge in [-0.05, 0) is 25.0 Å². The molecule has 0 aliphatic carbocycles. The molecule has 0 radical (unpaired) electrons. The van der Waals surface area contributed by atoms with Crippen molar-refractivity contribution in [1.29, 1.82) is 5.26 Å². The van der Waals surface area contributed by atoms with E-state index in [1.807, 2.05) is 24.0 Å². The van der Waals surface area contributed by atoms with E-state index in [4.69, 9.17) is 19.5 Å². The number of aliphatic imine (C=N–C) groups is 2. The third kappa shape index (κ3) is 4.10. The summed E-state index contributed by atoms with van der Waals surface area (Å²) in [7, 11) is 0. The number of nitriles is 1. The minimum Gasteiger partial charge on any atom is -0.491 e. The zero-order valence-electron chi connectivity index (χ0n) is 20.4. The fourth-order valence-corrected chi connectivity index (χ4v) is 4.81. The van der Waals surface area contributed by atoms with Crippen LogP contribution in [0.3, 0.4) is 0 Å². The third-order valence-corrected chi connectivity index (χ3v) is 6.89. The van der Waals surface area contributed by atoms with Crippen LogP contribution in [0.4, 0.5) is 5.69 Å².